The van der Waals surface area contributed by atoms with Gasteiger partial charge in [0, 0.05) is 44.0 Å². The van der Waals surface area contributed by atoms with E-state index in [1.807, 2.05) is 18.4 Å². The summed E-state index contributed by atoms with van der Waals surface area (Å²) in [4.78, 5) is 16.2. The molecule has 1 fully saturated rings. The van der Waals surface area contributed by atoms with Gasteiger partial charge in [-0.15, -0.1) is 0 Å². The summed E-state index contributed by atoms with van der Waals surface area (Å²) in [5, 5.41) is 7.19. The molecule has 0 saturated carbocycles. The number of nitrogens with two attached hydrogens (primary N) is 1. The SMILES string of the molecule is [2H]c1ccnn1-c1ccccc1C([2H])([2H])Nc1nc(N2CCC(N)CC2)nc2c1ncn2C(C)C. The van der Waals surface area contributed by atoms with Gasteiger partial charge in [0.15, 0.2) is 17.0 Å². The third kappa shape index (κ3) is 3.91. The highest BCUT2D eigenvalue weighted by atomic mass is 15.3. The van der Waals surface area contributed by atoms with E-state index in [4.69, 9.17) is 19.8 Å². The van der Waals surface area contributed by atoms with Crippen LogP contribution in [0.1, 0.15) is 42.4 Å². The molecule has 0 atom stereocenters. The van der Waals surface area contributed by atoms with E-state index < -0.39 is 6.50 Å². The first-order valence-electron chi connectivity index (χ1n) is 12.4. The van der Waals surface area contributed by atoms with E-state index in [9.17, 15) is 0 Å². The number of nitrogens with one attached hydrogen (secondary N) is 1. The molecule has 0 unspecified atom stereocenters. The molecule has 4 aromatic rings. The Balaban J connectivity index is 1.59. The van der Waals surface area contributed by atoms with Crippen molar-refractivity contribution in [3.63, 3.8) is 0 Å². The van der Waals surface area contributed by atoms with Crippen LogP contribution in [0.3, 0.4) is 0 Å². The minimum absolute atomic E-state index is 0.123. The van der Waals surface area contributed by atoms with Crippen molar-refractivity contribution in [3.8, 4) is 5.69 Å². The summed E-state index contributed by atoms with van der Waals surface area (Å²) < 4.78 is 29.4. The average Bonchev–Trinajstić information content (AvgIpc) is 3.45. The van der Waals surface area contributed by atoms with Crippen molar-refractivity contribution in [1.29, 1.82) is 0 Å². The maximum atomic E-state index is 8.95. The molecule has 0 aliphatic carbocycles. The van der Waals surface area contributed by atoms with Crippen LogP contribution in [0, 0.1) is 0 Å². The maximum absolute atomic E-state index is 8.95. The van der Waals surface area contributed by atoms with E-state index in [-0.39, 0.29) is 18.3 Å². The fourth-order valence-electron chi connectivity index (χ4n) is 3.87. The molecule has 1 aliphatic heterocycles. The molecular formula is C23H29N9. The number of fused-ring (bicyclic) bond motifs is 1. The number of aromatic nitrogens is 6. The minimum Gasteiger partial charge on any atom is -0.364 e. The number of hydrogen-bond donors (Lipinski definition) is 2. The zero-order valence-corrected chi connectivity index (χ0v) is 18.2. The van der Waals surface area contributed by atoms with Crippen LogP contribution >= 0.6 is 0 Å². The van der Waals surface area contributed by atoms with Gasteiger partial charge in [-0.25, -0.2) is 9.67 Å². The van der Waals surface area contributed by atoms with Crippen LogP contribution in [0.2, 0.25) is 0 Å². The Kier molecular flexibility index (Phi) is 4.60. The Morgan fingerprint density at radius 2 is 2.03 bits per heavy atom. The molecule has 0 radical (unpaired) electrons. The number of imidazole rings is 1. The van der Waals surface area contributed by atoms with Crippen molar-refractivity contribution in [1.82, 2.24) is 29.3 Å². The van der Waals surface area contributed by atoms with Crippen LogP contribution in [0.15, 0.2) is 49.0 Å². The lowest BCUT2D eigenvalue weighted by Gasteiger charge is -2.30. The van der Waals surface area contributed by atoms with Crippen LogP contribution in [-0.4, -0.2) is 48.4 Å². The molecule has 5 rings (SSSR count). The number of nitrogens with zero attached hydrogens (tertiary/aromatic N) is 7. The predicted octanol–water partition coefficient (Wildman–Crippen LogP) is 3.13. The predicted molar refractivity (Wildman–Crippen MR) is 126 cm³/mol. The monoisotopic (exact) mass is 434 g/mol. The summed E-state index contributed by atoms with van der Waals surface area (Å²) in [5.41, 5.74) is 8.04. The maximum Gasteiger partial charge on any atom is 0.229 e. The molecule has 0 bridgehead atoms. The lowest BCUT2D eigenvalue weighted by Crippen LogP contribution is -2.40. The van der Waals surface area contributed by atoms with Crippen molar-refractivity contribution < 1.29 is 4.11 Å². The number of para-hydroxylation sites is 1. The van der Waals surface area contributed by atoms with Gasteiger partial charge in [-0.1, -0.05) is 18.2 Å². The van der Waals surface area contributed by atoms with Gasteiger partial charge < -0.3 is 20.5 Å². The molecule has 32 heavy (non-hydrogen) atoms. The summed E-state index contributed by atoms with van der Waals surface area (Å²) >= 11 is 0. The second-order valence-electron chi connectivity index (χ2n) is 8.25. The van der Waals surface area contributed by atoms with Gasteiger partial charge in [0.25, 0.3) is 0 Å². The molecule has 1 aliphatic rings. The van der Waals surface area contributed by atoms with Gasteiger partial charge in [-0.05, 0) is 44.4 Å². The van der Waals surface area contributed by atoms with Gasteiger partial charge in [0.2, 0.25) is 5.95 Å². The fourth-order valence-corrected chi connectivity index (χ4v) is 3.87. The molecule has 3 N–H and O–H groups in total. The molecule has 1 aromatic carbocycles. The zero-order valence-electron chi connectivity index (χ0n) is 21.2. The Morgan fingerprint density at radius 3 is 2.78 bits per heavy atom. The number of benzene rings is 1. The standard InChI is InChI=1S/C23H29N9/c1-16(2)31-15-26-20-21(28-23(29-22(20)31)30-12-8-18(24)9-13-30)25-14-17-6-3-4-7-19(17)32-11-5-10-27-32/h3-7,10-11,15-16,18H,8-9,12-14,24H2,1-2H3,(H,25,28,29)/i11D,14D2. The van der Waals surface area contributed by atoms with E-state index in [1.165, 1.54) is 10.9 Å². The lowest BCUT2D eigenvalue weighted by molar-refractivity contribution is 0.495. The molecule has 9 heteroatoms. The minimum atomic E-state index is -2.04. The molecule has 0 spiro atoms. The second kappa shape index (κ2) is 8.58. The van der Waals surface area contributed by atoms with Crippen molar-refractivity contribution in [2.24, 2.45) is 5.73 Å². The Morgan fingerprint density at radius 1 is 1.22 bits per heavy atom. The van der Waals surface area contributed by atoms with Gasteiger partial charge >= 0.3 is 0 Å². The van der Waals surface area contributed by atoms with Crippen molar-refractivity contribution in [3.05, 3.63) is 54.6 Å². The molecule has 3 aromatic heterocycles. The van der Waals surface area contributed by atoms with Gasteiger partial charge in [-0.3, -0.25) is 0 Å². The first-order valence-corrected chi connectivity index (χ1v) is 10.9. The second-order valence-corrected chi connectivity index (χ2v) is 8.25. The highest BCUT2D eigenvalue weighted by Crippen LogP contribution is 2.27. The van der Waals surface area contributed by atoms with Crippen LogP contribution < -0.4 is 16.0 Å². The van der Waals surface area contributed by atoms with Crippen LogP contribution in [0.25, 0.3) is 16.9 Å². The van der Waals surface area contributed by atoms with E-state index >= 15 is 0 Å². The van der Waals surface area contributed by atoms with Gasteiger partial charge in [0.1, 0.15) is 0 Å². The number of anilines is 2. The summed E-state index contributed by atoms with van der Waals surface area (Å²) in [6.07, 6.45) is 5.09. The zero-order chi connectivity index (χ0) is 24.7. The quantitative estimate of drug-likeness (QED) is 0.480. The summed E-state index contributed by atoms with van der Waals surface area (Å²) in [6.45, 7) is 3.54. The fraction of sp³-hybridized carbons (Fsp3) is 0.391. The third-order valence-electron chi connectivity index (χ3n) is 5.69. The Labute approximate surface area is 191 Å². The van der Waals surface area contributed by atoms with Crippen molar-refractivity contribution in [2.45, 2.75) is 45.3 Å². The smallest absolute Gasteiger partial charge is 0.229 e. The van der Waals surface area contributed by atoms with Crippen LogP contribution in [0.5, 0.6) is 0 Å². The van der Waals surface area contributed by atoms with Crippen molar-refractivity contribution in [2.75, 3.05) is 23.3 Å². The number of piperidine rings is 1. The molecular weight excluding hydrogens is 402 g/mol. The largest absolute Gasteiger partial charge is 0.364 e. The van der Waals surface area contributed by atoms with E-state index in [1.54, 1.807) is 36.7 Å². The summed E-state index contributed by atoms with van der Waals surface area (Å²) in [5.74, 6) is 0.838. The van der Waals surface area contributed by atoms with Crippen LogP contribution in [-0.2, 0) is 6.50 Å². The number of hydrogen-bond acceptors (Lipinski definition) is 7. The van der Waals surface area contributed by atoms with Gasteiger partial charge in [-0.2, -0.15) is 15.1 Å². The third-order valence-corrected chi connectivity index (χ3v) is 5.69. The highest BCUT2D eigenvalue weighted by Gasteiger charge is 2.22. The molecule has 4 heterocycles. The Hall–Kier alpha value is -3.46. The lowest BCUT2D eigenvalue weighted by atomic mass is 10.1. The molecule has 0 amide bonds. The van der Waals surface area contributed by atoms with E-state index in [2.05, 4.69) is 20.3 Å². The number of rotatable bonds is 6. The molecule has 9 nitrogen and oxygen atoms in total. The van der Waals surface area contributed by atoms with Crippen molar-refractivity contribution >= 4 is 22.9 Å². The van der Waals surface area contributed by atoms with Gasteiger partial charge in [0.05, 0.1) is 16.1 Å². The summed E-state index contributed by atoms with van der Waals surface area (Å²) in [6, 6.07) is 8.83. The van der Waals surface area contributed by atoms with Crippen LogP contribution in [0.4, 0.5) is 11.8 Å². The topological polar surface area (TPSA) is 103 Å². The Bertz CT molecular complexity index is 1340. The normalized spacial score (nSPS) is 16.9. The summed E-state index contributed by atoms with van der Waals surface area (Å²) in [7, 11) is 0. The van der Waals surface area contributed by atoms with E-state index in [0.29, 0.717) is 34.2 Å². The van der Waals surface area contributed by atoms with E-state index in [0.717, 1.165) is 25.9 Å². The molecule has 1 saturated heterocycles. The average molecular weight is 435 g/mol. The first kappa shape index (κ1) is 17.1. The first-order chi connectivity index (χ1) is 16.7. The molecule has 166 valence electrons. The highest BCUT2D eigenvalue weighted by molar-refractivity contribution is 5.84.